The first-order chi connectivity index (χ1) is 6.77. The zero-order valence-corrected chi connectivity index (χ0v) is 9.17. The molecule has 2 atom stereocenters. The third-order valence-electron chi connectivity index (χ3n) is 2.92. The fraction of sp³-hybridized carbons (Fsp3) is 0.900. The van der Waals surface area contributed by atoms with Gasteiger partial charge in [-0.2, -0.15) is 0 Å². The van der Waals surface area contributed by atoms with E-state index < -0.39 is 0 Å². The standard InChI is InChI=1S/C10H16ClNO2/c1-7(11)10-6-9(12-14-10)8-2-4-13-5-3-8/h7-8,10H,2-6H2,1H3. The van der Waals surface area contributed by atoms with Gasteiger partial charge in [-0.1, -0.05) is 5.16 Å². The van der Waals surface area contributed by atoms with E-state index in [-0.39, 0.29) is 11.5 Å². The van der Waals surface area contributed by atoms with Crippen LogP contribution in [-0.4, -0.2) is 30.4 Å². The van der Waals surface area contributed by atoms with E-state index in [0.29, 0.717) is 5.92 Å². The van der Waals surface area contributed by atoms with Gasteiger partial charge in [0, 0.05) is 25.6 Å². The molecule has 80 valence electrons. The van der Waals surface area contributed by atoms with Crippen molar-refractivity contribution in [2.75, 3.05) is 13.2 Å². The highest BCUT2D eigenvalue weighted by Crippen LogP contribution is 2.26. The predicted molar refractivity (Wildman–Crippen MR) is 55.8 cm³/mol. The molecule has 2 rings (SSSR count). The molecule has 2 unspecified atom stereocenters. The van der Waals surface area contributed by atoms with Crippen molar-refractivity contribution >= 4 is 17.3 Å². The minimum Gasteiger partial charge on any atom is -0.391 e. The lowest BCUT2D eigenvalue weighted by Gasteiger charge is -2.21. The molecule has 0 bridgehead atoms. The van der Waals surface area contributed by atoms with Gasteiger partial charge in [-0.3, -0.25) is 0 Å². The molecule has 1 saturated heterocycles. The number of halogens is 1. The van der Waals surface area contributed by atoms with Crippen molar-refractivity contribution in [3.8, 4) is 0 Å². The van der Waals surface area contributed by atoms with E-state index in [9.17, 15) is 0 Å². The van der Waals surface area contributed by atoms with Crippen molar-refractivity contribution in [3.63, 3.8) is 0 Å². The second-order valence-electron chi connectivity index (χ2n) is 3.99. The highest BCUT2D eigenvalue weighted by Gasteiger charge is 2.30. The van der Waals surface area contributed by atoms with Crippen LogP contribution in [0.3, 0.4) is 0 Å². The number of nitrogens with zero attached hydrogens (tertiary/aromatic N) is 1. The van der Waals surface area contributed by atoms with Gasteiger partial charge >= 0.3 is 0 Å². The Labute approximate surface area is 89.4 Å². The largest absolute Gasteiger partial charge is 0.391 e. The smallest absolute Gasteiger partial charge is 0.148 e. The van der Waals surface area contributed by atoms with Crippen molar-refractivity contribution in [2.24, 2.45) is 11.1 Å². The van der Waals surface area contributed by atoms with Crippen LogP contribution in [0.5, 0.6) is 0 Å². The third kappa shape index (κ3) is 2.20. The summed E-state index contributed by atoms with van der Waals surface area (Å²) in [5.41, 5.74) is 1.19. The monoisotopic (exact) mass is 217 g/mol. The van der Waals surface area contributed by atoms with Crippen molar-refractivity contribution < 1.29 is 9.57 Å². The molecule has 0 aromatic heterocycles. The van der Waals surface area contributed by atoms with Crippen LogP contribution in [0.15, 0.2) is 5.16 Å². The average molecular weight is 218 g/mol. The highest BCUT2D eigenvalue weighted by molar-refractivity contribution is 6.21. The molecule has 0 amide bonds. The normalized spacial score (nSPS) is 31.0. The summed E-state index contributed by atoms with van der Waals surface area (Å²) < 4.78 is 5.31. The molecule has 0 aromatic rings. The van der Waals surface area contributed by atoms with Crippen LogP contribution in [0.2, 0.25) is 0 Å². The Bertz CT molecular complexity index is 224. The van der Waals surface area contributed by atoms with Gasteiger partial charge in [-0.05, 0) is 19.8 Å². The number of hydrogen-bond acceptors (Lipinski definition) is 3. The first-order valence-corrected chi connectivity index (χ1v) is 5.65. The number of rotatable bonds is 2. The van der Waals surface area contributed by atoms with Gasteiger partial charge in [-0.25, -0.2) is 0 Å². The average Bonchev–Trinajstić information content (AvgIpc) is 2.68. The Morgan fingerprint density at radius 2 is 2.14 bits per heavy atom. The molecule has 0 aromatic carbocycles. The quantitative estimate of drug-likeness (QED) is 0.664. The summed E-state index contributed by atoms with van der Waals surface area (Å²) in [6, 6.07) is 0. The summed E-state index contributed by atoms with van der Waals surface area (Å²) >= 11 is 5.97. The lowest BCUT2D eigenvalue weighted by Crippen LogP contribution is -2.25. The molecule has 4 heteroatoms. The molecule has 14 heavy (non-hydrogen) atoms. The first kappa shape index (κ1) is 10.2. The molecule has 0 radical (unpaired) electrons. The summed E-state index contributed by atoms with van der Waals surface area (Å²) in [7, 11) is 0. The van der Waals surface area contributed by atoms with E-state index in [1.807, 2.05) is 6.92 Å². The minimum absolute atomic E-state index is 0.0380. The number of oxime groups is 1. The fourth-order valence-electron chi connectivity index (χ4n) is 1.93. The van der Waals surface area contributed by atoms with Crippen LogP contribution in [0.4, 0.5) is 0 Å². The van der Waals surface area contributed by atoms with E-state index in [1.54, 1.807) is 0 Å². The van der Waals surface area contributed by atoms with Gasteiger partial charge in [0.2, 0.25) is 0 Å². The molecule has 2 aliphatic rings. The van der Waals surface area contributed by atoms with Crippen molar-refractivity contribution in [2.45, 2.75) is 37.7 Å². The molecule has 3 nitrogen and oxygen atoms in total. The van der Waals surface area contributed by atoms with Crippen molar-refractivity contribution in [1.82, 2.24) is 0 Å². The van der Waals surface area contributed by atoms with Crippen molar-refractivity contribution in [3.05, 3.63) is 0 Å². The zero-order valence-electron chi connectivity index (χ0n) is 8.41. The van der Waals surface area contributed by atoms with Gasteiger partial charge in [0.05, 0.1) is 11.1 Å². The summed E-state index contributed by atoms with van der Waals surface area (Å²) in [6.07, 6.45) is 3.13. The van der Waals surface area contributed by atoms with Gasteiger partial charge in [0.15, 0.2) is 0 Å². The SMILES string of the molecule is CC(Cl)C1CC(C2CCOCC2)=NO1. The van der Waals surface area contributed by atoms with Gasteiger partial charge in [-0.15, -0.1) is 11.6 Å². The summed E-state index contributed by atoms with van der Waals surface area (Å²) in [6.45, 7) is 3.66. The molecule has 0 saturated carbocycles. The van der Waals surface area contributed by atoms with E-state index in [0.717, 1.165) is 32.5 Å². The van der Waals surface area contributed by atoms with Crippen LogP contribution in [0.1, 0.15) is 26.2 Å². The molecule has 0 N–H and O–H groups in total. The fourth-order valence-corrected chi connectivity index (χ4v) is 2.07. The lowest BCUT2D eigenvalue weighted by molar-refractivity contribution is 0.0808. The van der Waals surface area contributed by atoms with Crippen LogP contribution in [0, 0.1) is 5.92 Å². The predicted octanol–water partition coefficient (Wildman–Crippen LogP) is 2.19. The Balaban J connectivity index is 1.87. The maximum absolute atomic E-state index is 5.97. The van der Waals surface area contributed by atoms with E-state index in [1.165, 1.54) is 5.71 Å². The van der Waals surface area contributed by atoms with Gasteiger partial charge in [0.25, 0.3) is 0 Å². The van der Waals surface area contributed by atoms with Crippen molar-refractivity contribution in [1.29, 1.82) is 0 Å². The molecule has 1 fully saturated rings. The highest BCUT2D eigenvalue weighted by atomic mass is 35.5. The molecule has 2 aliphatic heterocycles. The topological polar surface area (TPSA) is 30.8 Å². The third-order valence-corrected chi connectivity index (χ3v) is 3.20. The Kier molecular flexibility index (Phi) is 3.29. The van der Waals surface area contributed by atoms with Crippen LogP contribution in [-0.2, 0) is 9.57 Å². The lowest BCUT2D eigenvalue weighted by atomic mass is 9.91. The van der Waals surface area contributed by atoms with E-state index in [4.69, 9.17) is 21.2 Å². The van der Waals surface area contributed by atoms with E-state index >= 15 is 0 Å². The minimum atomic E-state index is 0.0380. The molecular formula is C10H16ClNO2. The molecule has 0 aliphatic carbocycles. The van der Waals surface area contributed by atoms with Crippen LogP contribution < -0.4 is 0 Å². The molecule has 0 spiro atoms. The number of alkyl halides is 1. The Morgan fingerprint density at radius 1 is 1.43 bits per heavy atom. The number of ether oxygens (including phenoxy) is 1. The summed E-state index contributed by atoms with van der Waals surface area (Å²) in [5, 5.41) is 4.18. The zero-order chi connectivity index (χ0) is 9.97. The van der Waals surface area contributed by atoms with E-state index in [2.05, 4.69) is 5.16 Å². The maximum atomic E-state index is 5.97. The second kappa shape index (κ2) is 4.49. The Morgan fingerprint density at radius 3 is 2.71 bits per heavy atom. The molecular weight excluding hydrogens is 202 g/mol. The molecule has 2 heterocycles. The van der Waals surface area contributed by atoms with Gasteiger partial charge < -0.3 is 9.57 Å². The second-order valence-corrected chi connectivity index (χ2v) is 4.68. The Hall–Kier alpha value is -0.280. The van der Waals surface area contributed by atoms with Crippen LogP contribution >= 0.6 is 11.6 Å². The maximum Gasteiger partial charge on any atom is 0.148 e. The number of hydrogen-bond donors (Lipinski definition) is 0. The van der Waals surface area contributed by atoms with Crippen LogP contribution in [0.25, 0.3) is 0 Å². The first-order valence-electron chi connectivity index (χ1n) is 5.22. The summed E-state index contributed by atoms with van der Waals surface area (Å²) in [5.74, 6) is 0.559. The summed E-state index contributed by atoms with van der Waals surface area (Å²) in [4.78, 5) is 5.30. The van der Waals surface area contributed by atoms with Gasteiger partial charge in [0.1, 0.15) is 6.10 Å².